The summed E-state index contributed by atoms with van der Waals surface area (Å²) in [6, 6.07) is 10.6. The molecule has 31 heavy (non-hydrogen) atoms. The van der Waals surface area contributed by atoms with Gasteiger partial charge in [-0.1, -0.05) is 55.8 Å². The van der Waals surface area contributed by atoms with E-state index in [-0.39, 0.29) is 29.1 Å². The second-order valence-electron chi connectivity index (χ2n) is 11.5. The first-order chi connectivity index (χ1) is 14.8. The highest BCUT2D eigenvalue weighted by Gasteiger charge is 2.62. The normalized spacial score (nSPS) is 45.3. The number of ether oxygens (including phenoxy) is 1. The van der Waals surface area contributed by atoms with Gasteiger partial charge in [0.1, 0.15) is 0 Å². The summed E-state index contributed by atoms with van der Waals surface area (Å²) in [5.41, 5.74) is 3.01. The largest absolute Gasteiger partial charge is 0.393 e. The van der Waals surface area contributed by atoms with E-state index >= 15 is 0 Å². The summed E-state index contributed by atoms with van der Waals surface area (Å²) < 4.78 is 6.81. The standard InChI is InChI=1S/C28H40O3/c1-18(29)23-11-12-24-22-10-9-20-15-21(30)13-14-27(20,2)26(22)25(16-28(23,24)3)31-17-19-7-5-4-6-8-19/h4-8,15,18,21-26,29-30H,9-14,16-17H2,1-3H3/t18-,21-,22?,23?,24?,25+,26?,27-,28+/m0/s1. The Balaban J connectivity index is 1.50. The van der Waals surface area contributed by atoms with Gasteiger partial charge >= 0.3 is 0 Å². The molecule has 2 N–H and O–H groups in total. The van der Waals surface area contributed by atoms with Crippen LogP contribution in [0.15, 0.2) is 42.0 Å². The van der Waals surface area contributed by atoms with E-state index in [2.05, 4.69) is 50.3 Å². The molecular formula is C28H40O3. The van der Waals surface area contributed by atoms with Crippen LogP contribution in [0.5, 0.6) is 0 Å². The summed E-state index contributed by atoms with van der Waals surface area (Å²) in [6.45, 7) is 7.57. The van der Waals surface area contributed by atoms with Crippen LogP contribution in [-0.4, -0.2) is 28.5 Å². The lowest BCUT2D eigenvalue weighted by Gasteiger charge is -2.61. The molecule has 3 heteroatoms. The summed E-state index contributed by atoms with van der Waals surface area (Å²) in [6.07, 6.45) is 9.55. The van der Waals surface area contributed by atoms with Gasteiger partial charge in [-0.2, -0.15) is 0 Å². The Hall–Kier alpha value is -1.16. The van der Waals surface area contributed by atoms with Gasteiger partial charge in [-0.05, 0) is 91.9 Å². The fourth-order valence-electron chi connectivity index (χ4n) is 8.57. The molecule has 0 amide bonds. The molecule has 1 aromatic rings. The van der Waals surface area contributed by atoms with E-state index in [1.54, 1.807) is 0 Å². The molecule has 4 aliphatic carbocycles. The van der Waals surface area contributed by atoms with Crippen molar-refractivity contribution in [3.05, 3.63) is 47.5 Å². The highest BCUT2D eigenvalue weighted by atomic mass is 16.5. The lowest BCUT2D eigenvalue weighted by atomic mass is 9.45. The summed E-state index contributed by atoms with van der Waals surface area (Å²) in [4.78, 5) is 0. The number of aliphatic hydroxyl groups excluding tert-OH is 2. The van der Waals surface area contributed by atoms with Crippen molar-refractivity contribution >= 4 is 0 Å². The van der Waals surface area contributed by atoms with Crippen LogP contribution in [-0.2, 0) is 11.3 Å². The van der Waals surface area contributed by atoms with Gasteiger partial charge in [-0.3, -0.25) is 0 Å². The minimum atomic E-state index is -0.275. The molecule has 0 aromatic heterocycles. The highest BCUT2D eigenvalue weighted by molar-refractivity contribution is 5.27. The fourth-order valence-corrected chi connectivity index (χ4v) is 8.57. The number of benzene rings is 1. The molecule has 1 aromatic carbocycles. The maximum atomic E-state index is 10.6. The number of aliphatic hydroxyl groups is 2. The second kappa shape index (κ2) is 8.01. The zero-order chi connectivity index (χ0) is 21.8. The summed E-state index contributed by atoms with van der Waals surface area (Å²) in [7, 11) is 0. The van der Waals surface area contributed by atoms with Gasteiger partial charge in [0.25, 0.3) is 0 Å². The second-order valence-corrected chi connectivity index (χ2v) is 11.5. The van der Waals surface area contributed by atoms with E-state index < -0.39 is 0 Å². The average Bonchev–Trinajstić information content (AvgIpc) is 3.10. The van der Waals surface area contributed by atoms with Crippen LogP contribution in [0.25, 0.3) is 0 Å². The van der Waals surface area contributed by atoms with Crippen LogP contribution in [0.2, 0.25) is 0 Å². The number of allylic oxidation sites excluding steroid dienone is 1. The lowest BCUT2D eigenvalue weighted by Crippen LogP contribution is -2.57. The van der Waals surface area contributed by atoms with Crippen LogP contribution < -0.4 is 0 Å². The Morgan fingerprint density at radius 3 is 2.61 bits per heavy atom. The summed E-state index contributed by atoms with van der Waals surface area (Å²) in [5, 5.41) is 21.0. The third kappa shape index (κ3) is 3.52. The first-order valence-corrected chi connectivity index (χ1v) is 12.6. The Morgan fingerprint density at radius 2 is 1.87 bits per heavy atom. The van der Waals surface area contributed by atoms with Crippen molar-refractivity contribution in [2.24, 2.45) is 34.5 Å². The van der Waals surface area contributed by atoms with Crippen LogP contribution in [0.1, 0.15) is 71.3 Å². The Bertz CT molecular complexity index is 817. The van der Waals surface area contributed by atoms with Crippen molar-refractivity contribution in [3.8, 4) is 0 Å². The molecule has 0 bridgehead atoms. The van der Waals surface area contributed by atoms with E-state index in [9.17, 15) is 10.2 Å². The topological polar surface area (TPSA) is 49.7 Å². The third-order valence-electron chi connectivity index (χ3n) is 9.96. The maximum absolute atomic E-state index is 10.6. The molecular weight excluding hydrogens is 384 g/mol. The molecule has 3 saturated carbocycles. The van der Waals surface area contributed by atoms with E-state index in [1.807, 2.05) is 6.92 Å². The van der Waals surface area contributed by atoms with Gasteiger partial charge in [-0.25, -0.2) is 0 Å². The molecule has 5 rings (SSSR count). The van der Waals surface area contributed by atoms with E-state index in [0.717, 1.165) is 32.1 Å². The third-order valence-corrected chi connectivity index (χ3v) is 9.96. The van der Waals surface area contributed by atoms with Gasteiger partial charge in [-0.15, -0.1) is 0 Å². The van der Waals surface area contributed by atoms with Gasteiger partial charge < -0.3 is 14.9 Å². The minimum absolute atomic E-state index is 0.133. The highest BCUT2D eigenvalue weighted by Crippen LogP contribution is 2.67. The number of rotatable bonds is 4. The lowest BCUT2D eigenvalue weighted by molar-refractivity contribution is -0.163. The number of hydrogen-bond donors (Lipinski definition) is 2. The van der Waals surface area contributed by atoms with Crippen LogP contribution in [0.3, 0.4) is 0 Å². The number of fused-ring (bicyclic) bond motifs is 5. The van der Waals surface area contributed by atoms with Crippen molar-refractivity contribution < 1.29 is 14.9 Å². The van der Waals surface area contributed by atoms with Crippen LogP contribution >= 0.6 is 0 Å². The van der Waals surface area contributed by atoms with Crippen molar-refractivity contribution in [3.63, 3.8) is 0 Å². The van der Waals surface area contributed by atoms with Crippen LogP contribution in [0.4, 0.5) is 0 Å². The Kier molecular flexibility index (Phi) is 5.60. The minimum Gasteiger partial charge on any atom is -0.393 e. The van der Waals surface area contributed by atoms with E-state index in [1.165, 1.54) is 24.0 Å². The molecule has 170 valence electrons. The number of hydrogen-bond acceptors (Lipinski definition) is 3. The smallest absolute Gasteiger partial charge is 0.0724 e. The zero-order valence-electron chi connectivity index (χ0n) is 19.5. The van der Waals surface area contributed by atoms with Gasteiger partial charge in [0.2, 0.25) is 0 Å². The molecule has 0 radical (unpaired) electrons. The van der Waals surface area contributed by atoms with E-state index in [4.69, 9.17) is 4.74 Å². The zero-order valence-corrected chi connectivity index (χ0v) is 19.5. The molecule has 9 atom stereocenters. The fraction of sp³-hybridized carbons (Fsp3) is 0.714. The molecule has 0 saturated heterocycles. The molecule has 3 nitrogen and oxygen atoms in total. The monoisotopic (exact) mass is 424 g/mol. The van der Waals surface area contributed by atoms with Gasteiger partial charge in [0.15, 0.2) is 0 Å². The Labute approximate surface area is 187 Å². The molecule has 0 aliphatic heterocycles. The average molecular weight is 425 g/mol. The summed E-state index contributed by atoms with van der Waals surface area (Å²) in [5.74, 6) is 2.22. The maximum Gasteiger partial charge on any atom is 0.0724 e. The molecule has 4 aliphatic rings. The van der Waals surface area contributed by atoms with Gasteiger partial charge in [0, 0.05) is 0 Å². The first kappa shape index (κ1) is 21.7. The van der Waals surface area contributed by atoms with E-state index in [0.29, 0.717) is 30.3 Å². The van der Waals surface area contributed by atoms with Crippen molar-refractivity contribution in [1.82, 2.24) is 0 Å². The molecule has 0 spiro atoms. The quantitative estimate of drug-likeness (QED) is 0.627. The Morgan fingerprint density at radius 1 is 1.10 bits per heavy atom. The molecule has 0 heterocycles. The molecule has 3 fully saturated rings. The van der Waals surface area contributed by atoms with Crippen molar-refractivity contribution in [1.29, 1.82) is 0 Å². The predicted octanol–water partition coefficient (Wildman–Crippen LogP) is 5.50. The van der Waals surface area contributed by atoms with Crippen molar-refractivity contribution in [2.75, 3.05) is 0 Å². The molecule has 4 unspecified atom stereocenters. The van der Waals surface area contributed by atoms with Crippen molar-refractivity contribution in [2.45, 2.75) is 90.6 Å². The first-order valence-electron chi connectivity index (χ1n) is 12.6. The van der Waals surface area contributed by atoms with Crippen LogP contribution in [0, 0.1) is 34.5 Å². The SMILES string of the molecule is C[C@H](O)C1CCC2C3CCC4=C[C@@H](O)CC[C@]4(C)C3[C@H](OCc3ccccc3)C[C@@]21C. The predicted molar refractivity (Wildman–Crippen MR) is 123 cm³/mol. The van der Waals surface area contributed by atoms with Gasteiger partial charge in [0.05, 0.1) is 24.9 Å². The summed E-state index contributed by atoms with van der Waals surface area (Å²) >= 11 is 0.